The molecule has 7 rings (SSSR count). The van der Waals surface area contributed by atoms with Crippen LogP contribution in [0.2, 0.25) is 0 Å². The molecule has 0 spiro atoms. The number of nitrogens with zero attached hydrogens (tertiary/aromatic N) is 5. The summed E-state index contributed by atoms with van der Waals surface area (Å²) in [6, 6.07) is 0. The van der Waals surface area contributed by atoms with Crippen LogP contribution in [0.25, 0.3) is 11.2 Å². The highest BCUT2D eigenvalue weighted by molar-refractivity contribution is 8.44. The topological polar surface area (TPSA) is 345 Å². The van der Waals surface area contributed by atoms with Gasteiger partial charge in [0, 0.05) is 36.4 Å². The Labute approximate surface area is 352 Å². The van der Waals surface area contributed by atoms with Crippen molar-refractivity contribution in [3.8, 4) is 0 Å². The van der Waals surface area contributed by atoms with Crippen molar-refractivity contribution in [2.24, 2.45) is 0 Å². The first-order chi connectivity index (χ1) is 28.7. The molecule has 0 aromatic carbocycles. The molecule has 11 atom stereocenters. The molecule has 3 aliphatic rings. The number of hydrogen-bond acceptors (Lipinski definition) is 19. The number of aromatic amines is 3. The number of hydrogen-bond donors (Lipinski definition) is 7. The number of ether oxygens (including phenoxy) is 3. The van der Waals surface area contributed by atoms with Crippen LogP contribution >= 0.6 is 46.3 Å². The van der Waals surface area contributed by atoms with Crippen LogP contribution < -0.4 is 33.8 Å². The standard InChI is InChI=1S/C30H40N9O17P3S2/c1-13-7-37(29(43)35-25(13)40)20-4-3-15(52-20)9-49-57(45)55-16-5-22(39-12-32-23-24(39)33-28(31)34-27(23)42)53-18(16)11-51-59(48,61)56-17-6-21(54-19(17)10-50-58(46,47)60)38-8-14(2)26(41)36-30(38)44/h7-8,12,15-22,57H,3-6,9-11H2,1-2H3,(H,48,61)(H,35,40,43)(H,36,41,44)(H2,46,47,60)(H3,31,33,34,42)/t15-,16+,17+,18+,19+,20+,21+,22+,59?/m0/s1. The average molecular weight is 956 g/mol. The summed E-state index contributed by atoms with van der Waals surface area (Å²) >= 11 is 7.63. The van der Waals surface area contributed by atoms with Crippen molar-refractivity contribution >= 4 is 63.5 Å². The molecule has 26 nitrogen and oxygen atoms in total. The number of aromatic nitrogens is 8. The summed E-state index contributed by atoms with van der Waals surface area (Å²) in [5.41, 5.74) is 3.01. The highest BCUT2D eigenvalue weighted by atomic mass is 32.7. The zero-order chi connectivity index (χ0) is 44.0. The second-order valence-electron chi connectivity index (χ2n) is 14.2. The summed E-state index contributed by atoms with van der Waals surface area (Å²) in [6.45, 7) is -7.15. The predicted octanol–water partition coefficient (Wildman–Crippen LogP) is 0.950. The Morgan fingerprint density at radius 1 is 0.836 bits per heavy atom. The monoisotopic (exact) mass is 955 g/mol. The van der Waals surface area contributed by atoms with Crippen molar-refractivity contribution in [2.75, 3.05) is 25.6 Å². The van der Waals surface area contributed by atoms with Crippen molar-refractivity contribution in [3.63, 3.8) is 0 Å². The first kappa shape index (κ1) is 45.6. The molecule has 0 bridgehead atoms. The molecule has 0 aliphatic carbocycles. The summed E-state index contributed by atoms with van der Waals surface area (Å²) in [6.07, 6.45) is -3.66. The quantitative estimate of drug-likeness (QED) is 0.0607. The molecule has 6 N–H and O–H groups in total. The van der Waals surface area contributed by atoms with Crippen LogP contribution in [-0.4, -0.2) is 93.9 Å². The van der Waals surface area contributed by atoms with Gasteiger partial charge in [-0.15, -0.1) is 0 Å². The van der Waals surface area contributed by atoms with E-state index >= 15 is 0 Å². The minimum absolute atomic E-state index is 0.0536. The smallest absolute Gasteiger partial charge is 0.369 e. The number of nitrogen functional groups attached to an aromatic ring is 1. The van der Waals surface area contributed by atoms with Crippen LogP contribution in [0.15, 0.2) is 42.7 Å². The minimum atomic E-state index is -4.43. The van der Waals surface area contributed by atoms with Gasteiger partial charge in [0.05, 0.1) is 38.4 Å². The molecule has 7 heterocycles. The average Bonchev–Trinajstić information content (AvgIpc) is 3.98. The lowest BCUT2D eigenvalue weighted by Crippen LogP contribution is -2.33. The number of thiol groups is 2. The lowest BCUT2D eigenvalue weighted by molar-refractivity contribution is -0.0470. The number of aryl methyl sites for hydroxylation is 2. The summed E-state index contributed by atoms with van der Waals surface area (Å²) in [7, 11) is -3.32. The maximum Gasteiger partial charge on any atom is 0.386 e. The van der Waals surface area contributed by atoms with Gasteiger partial charge in [0.1, 0.15) is 37.0 Å². The largest absolute Gasteiger partial charge is 0.386 e. The van der Waals surface area contributed by atoms with Gasteiger partial charge in [0.15, 0.2) is 11.2 Å². The fourth-order valence-electron chi connectivity index (χ4n) is 6.90. The third kappa shape index (κ3) is 10.8. The molecule has 3 fully saturated rings. The number of nitrogens with two attached hydrogens (primary N) is 1. The molecule has 3 unspecified atom stereocenters. The van der Waals surface area contributed by atoms with Crippen molar-refractivity contribution < 1.29 is 55.4 Å². The Morgan fingerprint density at radius 2 is 1.43 bits per heavy atom. The molecular weight excluding hydrogens is 915 g/mol. The van der Waals surface area contributed by atoms with Gasteiger partial charge in [-0.3, -0.25) is 61.2 Å². The Balaban J connectivity index is 1.04. The van der Waals surface area contributed by atoms with E-state index in [2.05, 4.69) is 49.4 Å². The van der Waals surface area contributed by atoms with E-state index in [-0.39, 0.29) is 42.1 Å². The third-order valence-electron chi connectivity index (χ3n) is 9.83. The van der Waals surface area contributed by atoms with Gasteiger partial charge in [-0.1, -0.05) is 24.5 Å². The Bertz CT molecular complexity index is 2720. The van der Waals surface area contributed by atoms with E-state index in [0.717, 1.165) is 4.57 Å². The van der Waals surface area contributed by atoms with Crippen molar-refractivity contribution in [2.45, 2.75) is 88.7 Å². The fraction of sp³-hybridized carbons (Fsp3) is 0.567. The van der Waals surface area contributed by atoms with E-state index in [0.29, 0.717) is 18.4 Å². The highest BCUT2D eigenvalue weighted by Crippen LogP contribution is 2.57. The van der Waals surface area contributed by atoms with Crippen LogP contribution in [0.3, 0.4) is 0 Å². The van der Waals surface area contributed by atoms with E-state index in [4.69, 9.17) is 42.6 Å². The zero-order valence-electron chi connectivity index (χ0n) is 31.9. The molecule has 0 amide bonds. The second kappa shape index (κ2) is 18.3. The molecule has 61 heavy (non-hydrogen) atoms. The van der Waals surface area contributed by atoms with Crippen LogP contribution in [-0.2, 0) is 50.5 Å². The van der Waals surface area contributed by atoms with Gasteiger partial charge in [0.2, 0.25) is 5.95 Å². The first-order valence-corrected chi connectivity index (χ1v) is 24.9. The third-order valence-corrected chi connectivity index (χ3v) is 13.2. The molecule has 3 saturated heterocycles. The van der Waals surface area contributed by atoms with Crippen molar-refractivity contribution in [1.82, 2.24) is 38.6 Å². The maximum absolute atomic E-state index is 13.8. The molecule has 334 valence electrons. The number of nitrogens with one attached hydrogen (secondary N) is 3. The Hall–Kier alpha value is -3.46. The summed E-state index contributed by atoms with van der Waals surface area (Å²) in [5.74, 6) is -0.202. The normalized spacial score (nSPS) is 28.0. The number of anilines is 1. The van der Waals surface area contributed by atoms with Crippen molar-refractivity contribution in [3.05, 3.63) is 81.9 Å². The van der Waals surface area contributed by atoms with E-state index < -0.39 is 112 Å². The first-order valence-electron chi connectivity index (χ1n) is 18.3. The molecule has 31 heteroatoms. The van der Waals surface area contributed by atoms with E-state index in [1.165, 1.54) is 34.8 Å². The van der Waals surface area contributed by atoms with Crippen molar-refractivity contribution in [1.29, 1.82) is 0 Å². The predicted molar refractivity (Wildman–Crippen MR) is 217 cm³/mol. The molecular formula is C30H40N9O17P3S2. The van der Waals surface area contributed by atoms with Gasteiger partial charge >= 0.3 is 33.2 Å². The maximum atomic E-state index is 13.8. The number of fused-ring (bicyclic) bond motifs is 1. The zero-order valence-corrected chi connectivity index (χ0v) is 36.5. The molecule has 3 aliphatic heterocycles. The fourth-order valence-corrected chi connectivity index (χ4v) is 9.85. The Kier molecular flexibility index (Phi) is 13.7. The van der Waals surface area contributed by atoms with Gasteiger partial charge in [-0.25, -0.2) is 23.7 Å². The number of H-pyrrole nitrogens is 3. The van der Waals surface area contributed by atoms with Gasteiger partial charge in [0.25, 0.3) is 16.7 Å². The second-order valence-corrected chi connectivity index (χ2v) is 20.8. The van der Waals surface area contributed by atoms with Gasteiger partial charge < -0.3 is 33.9 Å². The number of imidazole rings is 1. The summed E-state index contributed by atoms with van der Waals surface area (Å²) in [4.78, 5) is 85.8. The van der Waals surface area contributed by atoms with E-state index in [1.807, 2.05) is 0 Å². The van der Waals surface area contributed by atoms with E-state index in [9.17, 15) is 42.6 Å². The Morgan fingerprint density at radius 3 is 2.08 bits per heavy atom. The van der Waals surface area contributed by atoms with Crippen LogP contribution in [0.1, 0.15) is 55.5 Å². The van der Waals surface area contributed by atoms with Crippen LogP contribution in [0.5, 0.6) is 0 Å². The molecule has 4 aromatic rings. The van der Waals surface area contributed by atoms with Crippen LogP contribution in [0, 0.1) is 13.8 Å². The van der Waals surface area contributed by atoms with Gasteiger partial charge in [-0.2, -0.15) is 4.98 Å². The summed E-state index contributed by atoms with van der Waals surface area (Å²) in [5, 5.41) is 0. The van der Waals surface area contributed by atoms with Crippen LogP contribution in [0.4, 0.5) is 5.95 Å². The SMILES string of the molecule is Cc1cn([C@H]2CC[C@@H](CO[PH](=O)O[C@@H]3C[C@H](n4cnc5c(=O)[nH]c(N)nc54)O[C@@H]3COP(=O)(S)O[C@@H]3C[C@H](n4cc(C)c(=O)[nH]c4=O)O[C@@H]3COP(=O)(O)S)O2)c(=O)[nH]c1=O. The van der Waals surface area contributed by atoms with E-state index in [1.54, 1.807) is 6.92 Å². The lowest BCUT2D eigenvalue weighted by atomic mass is 10.2. The minimum Gasteiger partial charge on any atom is -0.369 e. The van der Waals surface area contributed by atoms with Gasteiger partial charge in [-0.05, 0) is 26.7 Å². The number of rotatable bonds is 16. The lowest BCUT2D eigenvalue weighted by Gasteiger charge is -2.24. The summed E-state index contributed by atoms with van der Waals surface area (Å²) < 4.78 is 88.2. The molecule has 0 radical (unpaired) electrons. The molecule has 0 saturated carbocycles. The molecule has 4 aromatic heterocycles. The highest BCUT2D eigenvalue weighted by Gasteiger charge is 2.45.